The highest BCUT2D eigenvalue weighted by Crippen LogP contribution is 2.39. The Bertz CT molecular complexity index is 597. The van der Waals surface area contributed by atoms with Crippen molar-refractivity contribution in [3.8, 4) is 5.75 Å². The van der Waals surface area contributed by atoms with E-state index in [9.17, 15) is 9.90 Å². The Morgan fingerprint density at radius 2 is 2.26 bits per heavy atom. The van der Waals surface area contributed by atoms with E-state index in [1.807, 2.05) is 12.1 Å². The molecule has 4 rings (SSSR count). The number of hydrazine groups is 2. The van der Waals surface area contributed by atoms with E-state index in [4.69, 9.17) is 4.74 Å². The summed E-state index contributed by atoms with van der Waals surface area (Å²) < 4.78 is 5.56. The number of amides is 1. The molecule has 1 saturated carbocycles. The predicted molar refractivity (Wildman–Crippen MR) is 83.3 cm³/mol. The third kappa shape index (κ3) is 2.92. The lowest BCUT2D eigenvalue weighted by molar-refractivity contribution is -0.124. The fraction of sp³-hybridized carbons (Fsp3) is 0.562. The number of ether oxygens (including phenoxy) is 1. The molecular formula is C16H22N4O3. The molecule has 2 fully saturated rings. The van der Waals surface area contributed by atoms with Gasteiger partial charge in [-0.1, -0.05) is 6.07 Å². The van der Waals surface area contributed by atoms with Crippen LogP contribution in [0.15, 0.2) is 18.2 Å². The second kappa shape index (κ2) is 6.09. The van der Waals surface area contributed by atoms with Gasteiger partial charge in [0.25, 0.3) is 0 Å². The lowest BCUT2D eigenvalue weighted by Crippen LogP contribution is -2.48. The van der Waals surface area contributed by atoms with Crippen LogP contribution in [-0.2, 0) is 11.2 Å². The van der Waals surface area contributed by atoms with Crippen LogP contribution in [0.2, 0.25) is 0 Å². The fourth-order valence-corrected chi connectivity index (χ4v) is 3.53. The summed E-state index contributed by atoms with van der Waals surface area (Å²) in [4.78, 5) is 12.4. The largest absolute Gasteiger partial charge is 0.493 e. The number of carbonyl (C=O) groups is 1. The summed E-state index contributed by atoms with van der Waals surface area (Å²) in [5.74, 6) is 1.18. The highest BCUT2D eigenvalue weighted by atomic mass is 16.5. The minimum absolute atomic E-state index is 0.0364. The van der Waals surface area contributed by atoms with Crippen molar-refractivity contribution in [3.63, 3.8) is 0 Å². The normalized spacial score (nSPS) is 30.2. The summed E-state index contributed by atoms with van der Waals surface area (Å²) in [6.07, 6.45) is 2.13. The molecule has 2 heterocycles. The van der Waals surface area contributed by atoms with Crippen LogP contribution in [0.1, 0.15) is 30.0 Å². The zero-order valence-electron chi connectivity index (χ0n) is 12.8. The number of hydrogen-bond acceptors (Lipinski definition) is 6. The van der Waals surface area contributed by atoms with Gasteiger partial charge in [-0.3, -0.25) is 4.79 Å². The molecule has 2 aliphatic heterocycles. The molecule has 2 atom stereocenters. The van der Waals surface area contributed by atoms with E-state index < -0.39 is 0 Å². The highest BCUT2D eigenvalue weighted by Gasteiger charge is 2.37. The number of carbonyl (C=O) groups excluding carboxylic acids is 1. The molecular weight excluding hydrogens is 296 g/mol. The van der Waals surface area contributed by atoms with Gasteiger partial charge in [0, 0.05) is 13.0 Å². The molecule has 124 valence electrons. The van der Waals surface area contributed by atoms with E-state index in [0.717, 1.165) is 37.2 Å². The van der Waals surface area contributed by atoms with Crippen molar-refractivity contribution in [2.45, 2.75) is 37.5 Å². The predicted octanol–water partition coefficient (Wildman–Crippen LogP) is -0.469. The number of nitrogens with one attached hydrogen (secondary N) is 4. The van der Waals surface area contributed by atoms with Gasteiger partial charge in [0.05, 0.1) is 18.8 Å². The van der Waals surface area contributed by atoms with Gasteiger partial charge in [-0.05, 0) is 42.0 Å². The Hall–Kier alpha value is -1.67. The molecule has 5 N–H and O–H groups in total. The van der Waals surface area contributed by atoms with Crippen molar-refractivity contribution in [1.29, 1.82) is 0 Å². The summed E-state index contributed by atoms with van der Waals surface area (Å²) in [5, 5.41) is 12.8. The molecule has 1 saturated heterocycles. The Labute approximate surface area is 134 Å². The zero-order chi connectivity index (χ0) is 15.8. The number of fused-ring (bicyclic) bond motifs is 1. The van der Waals surface area contributed by atoms with Crippen molar-refractivity contribution in [1.82, 2.24) is 21.7 Å². The minimum Gasteiger partial charge on any atom is -0.493 e. The van der Waals surface area contributed by atoms with Gasteiger partial charge in [0.1, 0.15) is 11.8 Å². The molecule has 2 unspecified atom stereocenters. The first-order valence-electron chi connectivity index (χ1n) is 8.18. The molecule has 0 aromatic heterocycles. The van der Waals surface area contributed by atoms with Gasteiger partial charge >= 0.3 is 0 Å². The molecule has 23 heavy (non-hydrogen) atoms. The van der Waals surface area contributed by atoms with E-state index in [-0.39, 0.29) is 30.0 Å². The quantitative estimate of drug-likeness (QED) is 0.515. The fourth-order valence-electron chi connectivity index (χ4n) is 3.53. The number of aliphatic hydroxyl groups excluding tert-OH is 1. The third-order valence-electron chi connectivity index (χ3n) is 4.95. The van der Waals surface area contributed by atoms with E-state index in [1.54, 1.807) is 0 Å². The maximum absolute atomic E-state index is 12.4. The van der Waals surface area contributed by atoms with E-state index >= 15 is 0 Å². The van der Waals surface area contributed by atoms with Crippen LogP contribution in [0.25, 0.3) is 0 Å². The SMILES string of the molecule is O=C(NC(c1ccc2c(c1)CCO2)C1CC(O)C1)C1CNNN1. The first-order valence-corrected chi connectivity index (χ1v) is 8.18. The van der Waals surface area contributed by atoms with Gasteiger partial charge in [-0.2, -0.15) is 5.53 Å². The number of aliphatic hydroxyl groups is 1. The first-order chi connectivity index (χ1) is 11.2. The van der Waals surface area contributed by atoms with Crippen molar-refractivity contribution < 1.29 is 14.6 Å². The number of rotatable bonds is 4. The molecule has 3 aliphatic rings. The Balaban J connectivity index is 1.54. The Morgan fingerprint density at radius 1 is 1.39 bits per heavy atom. The van der Waals surface area contributed by atoms with Crippen molar-refractivity contribution in [3.05, 3.63) is 29.3 Å². The smallest absolute Gasteiger partial charge is 0.240 e. The molecule has 7 heteroatoms. The van der Waals surface area contributed by atoms with Crippen molar-refractivity contribution in [2.24, 2.45) is 5.92 Å². The first kappa shape index (κ1) is 14.9. The van der Waals surface area contributed by atoms with Gasteiger partial charge in [-0.15, -0.1) is 0 Å². The second-order valence-electron chi connectivity index (χ2n) is 6.54. The molecule has 0 spiro atoms. The third-order valence-corrected chi connectivity index (χ3v) is 4.95. The maximum atomic E-state index is 12.4. The highest BCUT2D eigenvalue weighted by molar-refractivity contribution is 5.82. The lowest BCUT2D eigenvalue weighted by atomic mass is 9.74. The standard InChI is InChI=1S/C16H22N4O3/c21-12-6-11(7-12)15(18-16(22)13-8-17-20-19-13)10-1-2-14-9(5-10)3-4-23-14/h1-2,5,11-13,15,17,19-21H,3-4,6-8H2,(H,18,22). The average Bonchev–Trinajstić information content (AvgIpc) is 3.19. The van der Waals surface area contributed by atoms with Gasteiger partial charge in [-0.25, -0.2) is 10.9 Å². The van der Waals surface area contributed by atoms with Crippen LogP contribution in [-0.4, -0.2) is 36.3 Å². The van der Waals surface area contributed by atoms with E-state index in [2.05, 4.69) is 27.8 Å². The summed E-state index contributed by atoms with van der Waals surface area (Å²) in [5.41, 5.74) is 10.8. The molecule has 7 nitrogen and oxygen atoms in total. The summed E-state index contributed by atoms with van der Waals surface area (Å²) in [7, 11) is 0. The number of hydrogen-bond donors (Lipinski definition) is 5. The van der Waals surface area contributed by atoms with Crippen LogP contribution in [0, 0.1) is 5.92 Å². The van der Waals surface area contributed by atoms with Gasteiger partial charge in [0.2, 0.25) is 5.91 Å². The minimum atomic E-state index is -0.291. The van der Waals surface area contributed by atoms with Crippen molar-refractivity contribution >= 4 is 5.91 Å². The van der Waals surface area contributed by atoms with Gasteiger partial charge < -0.3 is 15.2 Å². The molecule has 1 amide bonds. The van der Waals surface area contributed by atoms with Crippen molar-refractivity contribution in [2.75, 3.05) is 13.2 Å². The van der Waals surface area contributed by atoms with Gasteiger partial charge in [0.15, 0.2) is 0 Å². The van der Waals surface area contributed by atoms with E-state index in [0.29, 0.717) is 6.54 Å². The van der Waals surface area contributed by atoms with Crippen LogP contribution >= 0.6 is 0 Å². The van der Waals surface area contributed by atoms with Crippen LogP contribution in [0.5, 0.6) is 5.75 Å². The Kier molecular flexibility index (Phi) is 3.94. The maximum Gasteiger partial charge on any atom is 0.240 e. The second-order valence-corrected chi connectivity index (χ2v) is 6.54. The monoisotopic (exact) mass is 318 g/mol. The lowest BCUT2D eigenvalue weighted by Gasteiger charge is -2.38. The molecule has 1 aromatic rings. The zero-order valence-corrected chi connectivity index (χ0v) is 12.8. The topological polar surface area (TPSA) is 94.7 Å². The summed E-state index contributed by atoms with van der Waals surface area (Å²) in [6.45, 7) is 1.27. The molecule has 0 bridgehead atoms. The summed E-state index contributed by atoms with van der Waals surface area (Å²) in [6, 6.07) is 5.79. The van der Waals surface area contributed by atoms with Crippen LogP contribution < -0.4 is 26.4 Å². The van der Waals surface area contributed by atoms with Crippen LogP contribution in [0.3, 0.4) is 0 Å². The Morgan fingerprint density at radius 3 is 3.00 bits per heavy atom. The average molecular weight is 318 g/mol. The molecule has 1 aromatic carbocycles. The number of benzene rings is 1. The molecule has 1 aliphatic carbocycles. The summed E-state index contributed by atoms with van der Waals surface area (Å²) >= 11 is 0. The molecule has 0 radical (unpaired) electrons. The van der Waals surface area contributed by atoms with E-state index in [1.165, 1.54) is 5.56 Å². The van der Waals surface area contributed by atoms with Crippen LogP contribution in [0.4, 0.5) is 0 Å².